The summed E-state index contributed by atoms with van der Waals surface area (Å²) < 4.78 is 28.2. The van der Waals surface area contributed by atoms with E-state index in [0.717, 1.165) is 0 Å². The Hall–Kier alpha value is -3.49. The summed E-state index contributed by atoms with van der Waals surface area (Å²) in [7, 11) is -2.57. The zero-order chi connectivity index (χ0) is 22.0. The predicted molar refractivity (Wildman–Crippen MR) is 121 cm³/mol. The number of para-hydroxylation sites is 2. The van der Waals surface area contributed by atoms with Gasteiger partial charge in [0.1, 0.15) is 0 Å². The first-order valence-corrected chi connectivity index (χ1v) is 11.1. The second-order valence-corrected chi connectivity index (χ2v) is 8.97. The molecule has 0 aliphatic carbocycles. The highest BCUT2D eigenvalue weighted by atomic mass is 35.5. The number of aryl methyl sites for hydroxylation is 1. The average molecular weight is 453 g/mol. The zero-order valence-corrected chi connectivity index (χ0v) is 17.9. The lowest BCUT2D eigenvalue weighted by Crippen LogP contribution is -2.28. The van der Waals surface area contributed by atoms with Crippen LogP contribution in [0.15, 0.2) is 88.9 Å². The molecule has 0 radical (unpaired) electrons. The molecule has 0 saturated carbocycles. The van der Waals surface area contributed by atoms with Gasteiger partial charge < -0.3 is 4.57 Å². The Morgan fingerprint density at radius 3 is 2.29 bits per heavy atom. The number of aromatic nitrogens is 2. The number of sulfone groups is 1. The fraction of sp³-hybridized carbons (Fsp3) is 0.0455. The van der Waals surface area contributed by atoms with Crippen molar-refractivity contribution in [2.24, 2.45) is 12.1 Å². The van der Waals surface area contributed by atoms with Crippen molar-refractivity contribution in [3.8, 4) is 0 Å². The maximum atomic E-state index is 13.4. The summed E-state index contributed by atoms with van der Waals surface area (Å²) in [4.78, 5) is 17.7. The number of Topliss-reactive ketones (excluding diaryl/α,β-unsaturated/α-hetero) is 1. The molecule has 3 aromatic carbocycles. The fourth-order valence-corrected chi connectivity index (χ4v) is 4.39. The average Bonchev–Trinajstić information content (AvgIpc) is 3.12. The number of anilines is 1. The van der Waals surface area contributed by atoms with Crippen LogP contribution in [0.5, 0.6) is 0 Å². The van der Waals surface area contributed by atoms with Crippen LogP contribution in [-0.4, -0.2) is 28.8 Å². The molecule has 31 heavy (non-hydrogen) atoms. The number of fused-ring (bicyclic) bond motifs is 1. The van der Waals surface area contributed by atoms with Crippen LogP contribution in [0.4, 0.5) is 5.69 Å². The third kappa shape index (κ3) is 4.08. The van der Waals surface area contributed by atoms with E-state index in [4.69, 9.17) is 11.6 Å². The molecule has 1 N–H and O–H groups in total. The zero-order valence-electron chi connectivity index (χ0n) is 16.4. The van der Waals surface area contributed by atoms with E-state index in [1.54, 1.807) is 72.3 Å². The molecule has 0 aliphatic heterocycles. The highest BCUT2D eigenvalue weighted by Crippen LogP contribution is 2.20. The second-order valence-electron chi connectivity index (χ2n) is 6.66. The van der Waals surface area contributed by atoms with Gasteiger partial charge in [-0.3, -0.25) is 10.2 Å². The quantitative estimate of drug-likeness (QED) is 0.211. The molecule has 0 bridgehead atoms. The second kappa shape index (κ2) is 8.33. The molecule has 0 atom stereocenters. The first-order chi connectivity index (χ1) is 14.9. The summed E-state index contributed by atoms with van der Waals surface area (Å²) in [5.41, 5.74) is 4.40. The van der Waals surface area contributed by atoms with E-state index >= 15 is 0 Å². The standard InChI is InChI=1S/C22H17ClN4O3S/c1-27-19-10-6-5-9-18(19)24-21(27)20(28)22(26-25-16-13-11-15(23)12-14-16)31(29,30)17-7-3-2-4-8-17/h2-14,25H,1H3/b26-22+. The van der Waals surface area contributed by atoms with E-state index in [1.165, 1.54) is 12.1 Å². The summed E-state index contributed by atoms with van der Waals surface area (Å²) in [6.45, 7) is 0. The number of carbonyl (C=O) groups excluding carboxylic acids is 1. The van der Waals surface area contributed by atoms with Crippen LogP contribution in [0.1, 0.15) is 10.6 Å². The summed E-state index contributed by atoms with van der Waals surface area (Å²) in [5, 5.41) is 3.85. The molecule has 0 unspecified atom stereocenters. The first kappa shape index (κ1) is 20.8. The van der Waals surface area contributed by atoms with Crippen LogP contribution in [0.3, 0.4) is 0 Å². The Bertz CT molecular complexity index is 1400. The minimum Gasteiger partial charge on any atom is -0.324 e. The van der Waals surface area contributed by atoms with Crippen molar-refractivity contribution in [1.82, 2.24) is 9.55 Å². The van der Waals surface area contributed by atoms with E-state index in [2.05, 4.69) is 15.5 Å². The topological polar surface area (TPSA) is 93.4 Å². The molecule has 4 rings (SSSR count). The van der Waals surface area contributed by atoms with Crippen LogP contribution in [-0.2, 0) is 16.9 Å². The molecular formula is C22H17ClN4O3S. The van der Waals surface area contributed by atoms with E-state index < -0.39 is 20.7 Å². The summed E-state index contributed by atoms with van der Waals surface area (Å²) >= 11 is 5.89. The van der Waals surface area contributed by atoms with E-state index in [1.807, 2.05) is 6.07 Å². The molecule has 0 spiro atoms. The molecular weight excluding hydrogens is 436 g/mol. The molecule has 0 amide bonds. The highest BCUT2D eigenvalue weighted by Gasteiger charge is 2.33. The number of ketones is 1. The molecule has 0 aliphatic rings. The highest BCUT2D eigenvalue weighted by molar-refractivity contribution is 8.08. The van der Waals surface area contributed by atoms with Crippen LogP contribution >= 0.6 is 11.6 Å². The van der Waals surface area contributed by atoms with E-state index in [0.29, 0.717) is 21.7 Å². The molecule has 7 nitrogen and oxygen atoms in total. The number of benzene rings is 3. The normalized spacial score (nSPS) is 12.1. The number of hydrogen-bond donors (Lipinski definition) is 1. The lowest BCUT2D eigenvalue weighted by molar-refractivity contribution is 0.105. The van der Waals surface area contributed by atoms with Gasteiger partial charge in [0, 0.05) is 12.1 Å². The van der Waals surface area contributed by atoms with Crippen LogP contribution < -0.4 is 5.43 Å². The SMILES string of the molecule is Cn1c(C(=O)/C(=N\Nc2ccc(Cl)cc2)S(=O)(=O)c2ccccc2)nc2ccccc21. The van der Waals surface area contributed by atoms with Gasteiger partial charge >= 0.3 is 0 Å². The lowest BCUT2D eigenvalue weighted by atomic mass is 10.3. The molecule has 4 aromatic rings. The van der Waals surface area contributed by atoms with Gasteiger partial charge in [0.25, 0.3) is 5.78 Å². The molecule has 1 aromatic heterocycles. The summed E-state index contributed by atoms with van der Waals surface area (Å²) in [6, 6.07) is 21.3. The van der Waals surface area contributed by atoms with Gasteiger partial charge in [-0.2, -0.15) is 5.10 Å². The van der Waals surface area contributed by atoms with Gasteiger partial charge in [-0.1, -0.05) is 41.9 Å². The van der Waals surface area contributed by atoms with Gasteiger partial charge in [-0.25, -0.2) is 13.4 Å². The van der Waals surface area contributed by atoms with Crippen molar-refractivity contribution in [2.45, 2.75) is 4.90 Å². The van der Waals surface area contributed by atoms with Crippen LogP contribution in [0.2, 0.25) is 5.02 Å². The number of imidazole rings is 1. The monoisotopic (exact) mass is 452 g/mol. The van der Waals surface area contributed by atoms with Crippen molar-refractivity contribution in [3.05, 3.63) is 89.7 Å². The number of halogens is 1. The van der Waals surface area contributed by atoms with Crippen molar-refractivity contribution < 1.29 is 13.2 Å². The molecule has 0 fully saturated rings. The van der Waals surface area contributed by atoms with Crippen molar-refractivity contribution in [3.63, 3.8) is 0 Å². The number of hydrazone groups is 1. The minimum atomic E-state index is -4.22. The van der Waals surface area contributed by atoms with Gasteiger partial charge in [-0.15, -0.1) is 0 Å². The molecule has 9 heteroatoms. The first-order valence-electron chi connectivity index (χ1n) is 9.23. The van der Waals surface area contributed by atoms with Crippen molar-refractivity contribution in [2.75, 3.05) is 5.43 Å². The number of rotatable bonds is 5. The van der Waals surface area contributed by atoms with Crippen molar-refractivity contribution in [1.29, 1.82) is 0 Å². The maximum Gasteiger partial charge on any atom is 0.260 e. The number of nitrogens with zero attached hydrogens (tertiary/aromatic N) is 3. The third-order valence-corrected chi connectivity index (χ3v) is 6.55. The minimum absolute atomic E-state index is 0.0302. The van der Waals surface area contributed by atoms with Gasteiger partial charge in [0.2, 0.25) is 14.9 Å². The van der Waals surface area contributed by atoms with Crippen molar-refractivity contribution >= 4 is 49.0 Å². The smallest absolute Gasteiger partial charge is 0.260 e. The Balaban J connectivity index is 1.83. The molecule has 156 valence electrons. The van der Waals surface area contributed by atoms with E-state index in [9.17, 15) is 13.2 Å². The Kier molecular flexibility index (Phi) is 5.58. The number of carbonyl (C=O) groups is 1. The largest absolute Gasteiger partial charge is 0.324 e. The van der Waals surface area contributed by atoms with Crippen LogP contribution in [0.25, 0.3) is 11.0 Å². The van der Waals surface area contributed by atoms with Gasteiger partial charge in [0.15, 0.2) is 5.82 Å². The Morgan fingerprint density at radius 2 is 1.61 bits per heavy atom. The van der Waals surface area contributed by atoms with Crippen LogP contribution in [0, 0.1) is 0 Å². The maximum absolute atomic E-state index is 13.4. The summed E-state index contributed by atoms with van der Waals surface area (Å²) in [5.74, 6) is -0.846. The molecule has 1 heterocycles. The third-order valence-electron chi connectivity index (χ3n) is 4.62. The fourth-order valence-electron chi connectivity index (χ4n) is 3.03. The predicted octanol–water partition coefficient (Wildman–Crippen LogP) is 4.31. The number of hydrogen-bond acceptors (Lipinski definition) is 6. The lowest BCUT2D eigenvalue weighted by Gasteiger charge is -2.09. The molecule has 0 saturated heterocycles. The van der Waals surface area contributed by atoms with Gasteiger partial charge in [-0.05, 0) is 48.5 Å². The Morgan fingerprint density at radius 1 is 0.968 bits per heavy atom. The number of nitrogens with one attached hydrogen (secondary N) is 1. The Labute approximate surface area is 183 Å². The summed E-state index contributed by atoms with van der Waals surface area (Å²) in [6.07, 6.45) is 0. The van der Waals surface area contributed by atoms with E-state index in [-0.39, 0.29) is 10.7 Å². The van der Waals surface area contributed by atoms with Gasteiger partial charge in [0.05, 0.1) is 21.6 Å².